The molecule has 0 saturated carbocycles. The van der Waals surface area contributed by atoms with Gasteiger partial charge in [0.05, 0.1) is 12.6 Å². The number of amides is 2. The Kier molecular flexibility index (Phi) is 5.27. The van der Waals surface area contributed by atoms with E-state index in [0.29, 0.717) is 25.6 Å². The van der Waals surface area contributed by atoms with E-state index >= 15 is 0 Å². The van der Waals surface area contributed by atoms with Gasteiger partial charge in [-0.05, 0) is 31.9 Å². The predicted octanol–water partition coefficient (Wildman–Crippen LogP) is 1.60. The summed E-state index contributed by atoms with van der Waals surface area (Å²) in [4.78, 5) is 25.0. The largest absolute Gasteiger partial charge is 0.491 e. The minimum absolute atomic E-state index is 0.0252. The molecule has 136 valence electrons. The summed E-state index contributed by atoms with van der Waals surface area (Å²) in [5.74, 6) is 0.953. The lowest BCUT2D eigenvalue weighted by Gasteiger charge is -2.34. The first-order chi connectivity index (χ1) is 12.0. The van der Waals surface area contributed by atoms with Crippen molar-refractivity contribution in [1.82, 2.24) is 10.2 Å². The molecule has 0 radical (unpaired) electrons. The van der Waals surface area contributed by atoms with Crippen molar-refractivity contribution in [2.45, 2.75) is 38.4 Å². The number of hydrogen-bond donors (Lipinski definition) is 1. The molecule has 1 aromatic rings. The van der Waals surface area contributed by atoms with Crippen molar-refractivity contribution in [3.63, 3.8) is 0 Å². The van der Waals surface area contributed by atoms with Crippen molar-refractivity contribution >= 4 is 11.8 Å². The molecule has 1 N–H and O–H groups in total. The zero-order valence-electron chi connectivity index (χ0n) is 14.9. The van der Waals surface area contributed by atoms with Gasteiger partial charge in [0.1, 0.15) is 18.0 Å². The lowest BCUT2D eigenvalue weighted by molar-refractivity contribution is -0.135. The number of nitrogens with zero attached hydrogens (tertiary/aromatic N) is 1. The minimum atomic E-state index is -0.331. The summed E-state index contributed by atoms with van der Waals surface area (Å²) in [5.41, 5.74) is -0.331. The summed E-state index contributed by atoms with van der Waals surface area (Å²) < 4.78 is 12.2. The first-order valence-electron chi connectivity index (χ1n) is 8.83. The van der Waals surface area contributed by atoms with Crippen molar-refractivity contribution in [1.29, 1.82) is 0 Å². The van der Waals surface area contributed by atoms with Crippen LogP contribution in [0.3, 0.4) is 0 Å². The number of piperidine rings is 1. The van der Waals surface area contributed by atoms with Crippen LogP contribution in [0.15, 0.2) is 30.3 Å². The van der Waals surface area contributed by atoms with Crippen LogP contribution in [0.1, 0.15) is 26.7 Å². The summed E-state index contributed by atoms with van der Waals surface area (Å²) in [6.07, 6.45) is 1.88. The lowest BCUT2D eigenvalue weighted by Crippen LogP contribution is -2.47. The minimum Gasteiger partial charge on any atom is -0.491 e. The number of para-hydroxylation sites is 1. The maximum Gasteiger partial charge on any atom is 0.241 e. The molecule has 0 spiro atoms. The van der Waals surface area contributed by atoms with E-state index in [1.54, 1.807) is 0 Å². The molecule has 2 amide bonds. The average molecular weight is 346 g/mol. The fourth-order valence-electron chi connectivity index (χ4n) is 3.71. The number of likely N-dealkylation sites (tertiary alicyclic amines) is 1. The van der Waals surface area contributed by atoms with Gasteiger partial charge in [0.15, 0.2) is 0 Å². The Hall–Kier alpha value is -2.08. The summed E-state index contributed by atoms with van der Waals surface area (Å²) in [6.45, 7) is 5.44. The van der Waals surface area contributed by atoms with Crippen molar-refractivity contribution in [3.05, 3.63) is 30.3 Å². The quantitative estimate of drug-likeness (QED) is 0.879. The van der Waals surface area contributed by atoms with E-state index in [0.717, 1.165) is 18.6 Å². The van der Waals surface area contributed by atoms with Gasteiger partial charge in [-0.25, -0.2) is 0 Å². The highest BCUT2D eigenvalue weighted by Crippen LogP contribution is 2.39. The molecule has 6 heteroatoms. The number of fused-ring (bicyclic) bond motifs is 1. The molecule has 0 aromatic heterocycles. The molecule has 2 saturated heterocycles. The summed E-state index contributed by atoms with van der Waals surface area (Å²) in [5, 5.41) is 2.58. The van der Waals surface area contributed by atoms with Gasteiger partial charge in [0.25, 0.3) is 0 Å². The second-order valence-corrected chi connectivity index (χ2v) is 7.21. The number of benzene rings is 1. The van der Waals surface area contributed by atoms with Crippen LogP contribution in [0.2, 0.25) is 0 Å². The Morgan fingerprint density at radius 2 is 2.12 bits per heavy atom. The standard InChI is InChI=1S/C19H26N2O4/c1-14(22)20-11-18(23)21-9-8-17-15(12-21)10-19(2,25-17)13-24-16-6-4-3-5-7-16/h3-7,15,17H,8-13H2,1-2H3,(H,20,22)/t15-,17+,19-/m1/s1. The molecule has 3 atom stereocenters. The van der Waals surface area contributed by atoms with Gasteiger partial charge in [-0.3, -0.25) is 9.59 Å². The molecule has 2 aliphatic rings. The Labute approximate surface area is 148 Å². The van der Waals surface area contributed by atoms with E-state index < -0.39 is 0 Å². The second kappa shape index (κ2) is 7.44. The first kappa shape index (κ1) is 17.7. The van der Waals surface area contributed by atoms with Crippen LogP contribution in [0, 0.1) is 5.92 Å². The van der Waals surface area contributed by atoms with E-state index in [2.05, 4.69) is 12.2 Å². The van der Waals surface area contributed by atoms with E-state index in [-0.39, 0.29) is 30.1 Å². The summed E-state index contributed by atoms with van der Waals surface area (Å²) in [6, 6.07) is 9.74. The van der Waals surface area contributed by atoms with Crippen molar-refractivity contribution in [2.75, 3.05) is 26.2 Å². The Morgan fingerprint density at radius 1 is 1.36 bits per heavy atom. The molecule has 6 nitrogen and oxygen atoms in total. The Balaban J connectivity index is 1.52. The van der Waals surface area contributed by atoms with Gasteiger partial charge in [-0.2, -0.15) is 0 Å². The molecule has 25 heavy (non-hydrogen) atoms. The molecule has 2 fully saturated rings. The van der Waals surface area contributed by atoms with Crippen LogP contribution < -0.4 is 10.1 Å². The first-order valence-corrected chi connectivity index (χ1v) is 8.83. The molecule has 0 unspecified atom stereocenters. The zero-order valence-corrected chi connectivity index (χ0v) is 14.9. The van der Waals surface area contributed by atoms with Gasteiger partial charge >= 0.3 is 0 Å². The van der Waals surface area contributed by atoms with E-state index in [1.165, 1.54) is 6.92 Å². The van der Waals surface area contributed by atoms with Crippen LogP contribution in [-0.4, -0.2) is 54.7 Å². The van der Waals surface area contributed by atoms with Crippen molar-refractivity contribution in [2.24, 2.45) is 5.92 Å². The summed E-state index contributed by atoms with van der Waals surface area (Å²) >= 11 is 0. The summed E-state index contributed by atoms with van der Waals surface area (Å²) in [7, 11) is 0. The van der Waals surface area contributed by atoms with Crippen molar-refractivity contribution in [3.8, 4) is 5.75 Å². The molecule has 0 bridgehead atoms. The number of rotatable bonds is 5. The van der Waals surface area contributed by atoms with E-state index in [1.807, 2.05) is 35.2 Å². The third-order valence-corrected chi connectivity index (χ3v) is 4.92. The van der Waals surface area contributed by atoms with Gasteiger partial charge in [-0.15, -0.1) is 0 Å². The van der Waals surface area contributed by atoms with Gasteiger partial charge in [0.2, 0.25) is 11.8 Å². The highest BCUT2D eigenvalue weighted by atomic mass is 16.6. The number of carbonyl (C=O) groups excluding carboxylic acids is 2. The number of ether oxygens (including phenoxy) is 2. The van der Waals surface area contributed by atoms with Crippen molar-refractivity contribution < 1.29 is 19.1 Å². The molecule has 0 aliphatic carbocycles. The fraction of sp³-hybridized carbons (Fsp3) is 0.579. The fourth-order valence-corrected chi connectivity index (χ4v) is 3.71. The van der Waals surface area contributed by atoms with Crippen LogP contribution in [0.4, 0.5) is 0 Å². The van der Waals surface area contributed by atoms with E-state index in [9.17, 15) is 9.59 Å². The molecular weight excluding hydrogens is 320 g/mol. The number of nitrogens with one attached hydrogen (secondary N) is 1. The van der Waals surface area contributed by atoms with Crippen LogP contribution in [-0.2, 0) is 14.3 Å². The highest BCUT2D eigenvalue weighted by Gasteiger charge is 2.46. The topological polar surface area (TPSA) is 67.9 Å². The highest BCUT2D eigenvalue weighted by molar-refractivity contribution is 5.83. The Morgan fingerprint density at radius 3 is 2.84 bits per heavy atom. The average Bonchev–Trinajstić information content (AvgIpc) is 2.94. The second-order valence-electron chi connectivity index (χ2n) is 7.21. The maximum atomic E-state index is 12.2. The van der Waals surface area contributed by atoms with E-state index in [4.69, 9.17) is 9.47 Å². The predicted molar refractivity (Wildman–Crippen MR) is 93.2 cm³/mol. The normalized spacial score (nSPS) is 28.3. The van der Waals surface area contributed by atoms with Gasteiger partial charge in [0, 0.05) is 25.9 Å². The van der Waals surface area contributed by atoms with Gasteiger partial charge in [-0.1, -0.05) is 18.2 Å². The number of carbonyl (C=O) groups is 2. The van der Waals surface area contributed by atoms with Crippen LogP contribution >= 0.6 is 0 Å². The molecule has 2 aliphatic heterocycles. The molecule has 2 heterocycles. The third-order valence-electron chi connectivity index (χ3n) is 4.92. The Bertz CT molecular complexity index is 621. The zero-order chi connectivity index (χ0) is 17.9. The smallest absolute Gasteiger partial charge is 0.241 e. The van der Waals surface area contributed by atoms with Crippen LogP contribution in [0.5, 0.6) is 5.75 Å². The van der Waals surface area contributed by atoms with Crippen LogP contribution in [0.25, 0.3) is 0 Å². The monoisotopic (exact) mass is 346 g/mol. The molecule has 1 aromatic carbocycles. The molecule has 3 rings (SSSR count). The van der Waals surface area contributed by atoms with Gasteiger partial charge < -0.3 is 19.7 Å². The number of hydrogen-bond acceptors (Lipinski definition) is 4. The lowest BCUT2D eigenvalue weighted by atomic mass is 9.89. The molecular formula is C19H26N2O4. The SMILES string of the molecule is CC(=O)NCC(=O)N1CC[C@@H]2O[C@@](C)(COc3ccccc3)C[C@@H]2C1. The third kappa shape index (κ3) is 4.51. The maximum absolute atomic E-state index is 12.2.